The van der Waals surface area contributed by atoms with Gasteiger partial charge in [0.25, 0.3) is 0 Å². The normalized spacial score (nSPS) is 10.0. The minimum Gasteiger partial charge on any atom is -0.389 e. The summed E-state index contributed by atoms with van der Waals surface area (Å²) < 4.78 is 0. The van der Waals surface area contributed by atoms with Crippen molar-refractivity contribution < 1.29 is 4.79 Å². The second-order valence-electron chi connectivity index (χ2n) is 4.24. The number of amides is 1. The molecule has 4 N–H and O–H groups in total. The van der Waals surface area contributed by atoms with Crippen molar-refractivity contribution in [2.24, 2.45) is 5.73 Å². The predicted octanol–water partition coefficient (Wildman–Crippen LogP) is 1.35. The number of rotatable bonds is 7. The first-order valence-electron chi connectivity index (χ1n) is 6.32. The molecule has 104 valence electrons. The molecule has 1 heterocycles. The zero-order valence-electron chi connectivity index (χ0n) is 11.3. The monoisotopic (exact) mass is 280 g/mol. The molecule has 0 fully saturated rings. The Hall–Kier alpha value is -1.69. The number of carbonyl (C=O) groups excluding carboxylic acids is 1. The highest BCUT2D eigenvalue weighted by Crippen LogP contribution is 2.16. The van der Waals surface area contributed by atoms with Crippen LogP contribution in [0.3, 0.4) is 0 Å². The maximum absolute atomic E-state index is 11.5. The van der Waals surface area contributed by atoms with Crippen LogP contribution in [0.5, 0.6) is 0 Å². The summed E-state index contributed by atoms with van der Waals surface area (Å²) in [6, 6.07) is 1.85. The van der Waals surface area contributed by atoms with E-state index in [0.29, 0.717) is 30.3 Å². The third kappa shape index (κ3) is 4.82. The van der Waals surface area contributed by atoms with E-state index in [1.54, 1.807) is 6.20 Å². The van der Waals surface area contributed by atoms with Crippen LogP contribution < -0.4 is 16.4 Å². The number of thiocarbonyl (C=S) groups is 1. The molecule has 0 aromatic carbocycles. The minimum absolute atomic E-state index is 0.0267. The molecular weight excluding hydrogens is 260 g/mol. The summed E-state index contributed by atoms with van der Waals surface area (Å²) in [4.78, 5) is 16.0. The van der Waals surface area contributed by atoms with Gasteiger partial charge < -0.3 is 16.4 Å². The van der Waals surface area contributed by atoms with Gasteiger partial charge in [-0.25, -0.2) is 4.98 Å². The van der Waals surface area contributed by atoms with Crippen molar-refractivity contribution in [3.8, 4) is 0 Å². The van der Waals surface area contributed by atoms with Crippen molar-refractivity contribution in [1.82, 2.24) is 10.3 Å². The molecule has 0 saturated carbocycles. The molecular formula is C13H20N4OS. The minimum atomic E-state index is 0.0267. The van der Waals surface area contributed by atoms with Crippen LogP contribution in [0.25, 0.3) is 0 Å². The molecule has 0 unspecified atom stereocenters. The van der Waals surface area contributed by atoms with Crippen LogP contribution >= 0.6 is 12.2 Å². The van der Waals surface area contributed by atoms with Gasteiger partial charge in [0.1, 0.15) is 10.8 Å². The number of nitrogens with one attached hydrogen (secondary N) is 2. The number of nitrogens with zero attached hydrogens (tertiary/aromatic N) is 1. The van der Waals surface area contributed by atoms with Crippen molar-refractivity contribution in [3.63, 3.8) is 0 Å². The molecule has 19 heavy (non-hydrogen) atoms. The summed E-state index contributed by atoms with van der Waals surface area (Å²) in [6.45, 7) is 5.15. The van der Waals surface area contributed by atoms with Crippen LogP contribution in [0.2, 0.25) is 0 Å². The van der Waals surface area contributed by atoms with E-state index in [-0.39, 0.29) is 5.91 Å². The Labute approximate surface area is 119 Å². The number of nitrogens with two attached hydrogens (primary N) is 1. The van der Waals surface area contributed by atoms with E-state index < -0.39 is 0 Å². The third-order valence-corrected chi connectivity index (χ3v) is 2.83. The van der Waals surface area contributed by atoms with E-state index in [2.05, 4.69) is 15.6 Å². The Kier molecular flexibility index (Phi) is 6.21. The first kappa shape index (κ1) is 15.4. The summed E-state index contributed by atoms with van der Waals surface area (Å²) in [5.41, 5.74) is 7.40. The average molecular weight is 280 g/mol. The smallest absolute Gasteiger partial charge is 0.221 e. The lowest BCUT2D eigenvalue weighted by Crippen LogP contribution is -2.26. The number of pyridine rings is 1. The molecule has 0 aliphatic rings. The maximum atomic E-state index is 11.5. The van der Waals surface area contributed by atoms with Crippen LogP contribution in [-0.2, 0) is 4.79 Å². The molecule has 0 saturated heterocycles. The molecule has 0 bridgehead atoms. The summed E-state index contributed by atoms with van der Waals surface area (Å²) >= 11 is 5.01. The highest BCUT2D eigenvalue weighted by Gasteiger charge is 2.09. The van der Waals surface area contributed by atoms with Crippen molar-refractivity contribution >= 4 is 28.9 Å². The van der Waals surface area contributed by atoms with E-state index in [9.17, 15) is 4.79 Å². The molecule has 0 spiro atoms. The van der Waals surface area contributed by atoms with Crippen LogP contribution in [0, 0.1) is 6.92 Å². The summed E-state index contributed by atoms with van der Waals surface area (Å²) in [6.07, 6.45) is 3.02. The van der Waals surface area contributed by atoms with Gasteiger partial charge in [-0.2, -0.15) is 0 Å². The fraction of sp³-hybridized carbons (Fsp3) is 0.462. The molecule has 1 rings (SSSR count). The van der Waals surface area contributed by atoms with E-state index >= 15 is 0 Å². The fourth-order valence-electron chi connectivity index (χ4n) is 1.65. The molecule has 5 nitrogen and oxygen atoms in total. The van der Waals surface area contributed by atoms with Crippen molar-refractivity contribution in [1.29, 1.82) is 0 Å². The Balaban J connectivity index is 2.56. The summed E-state index contributed by atoms with van der Waals surface area (Å²) in [5.74, 6) is 0.662. The molecule has 1 amide bonds. The Bertz CT molecular complexity index is 462. The zero-order chi connectivity index (χ0) is 14.3. The van der Waals surface area contributed by atoms with Gasteiger partial charge in [-0.05, 0) is 25.0 Å². The van der Waals surface area contributed by atoms with Gasteiger partial charge >= 0.3 is 0 Å². The van der Waals surface area contributed by atoms with Crippen molar-refractivity contribution in [2.75, 3.05) is 18.4 Å². The lowest BCUT2D eigenvalue weighted by molar-refractivity contribution is -0.120. The molecule has 1 aromatic heterocycles. The van der Waals surface area contributed by atoms with E-state index in [0.717, 1.165) is 17.5 Å². The Morgan fingerprint density at radius 2 is 2.21 bits per heavy atom. The highest BCUT2D eigenvalue weighted by molar-refractivity contribution is 7.80. The number of hydrogen-bond donors (Lipinski definition) is 3. The predicted molar refractivity (Wildman–Crippen MR) is 81.3 cm³/mol. The average Bonchev–Trinajstić information content (AvgIpc) is 2.36. The molecule has 0 aliphatic heterocycles. The molecule has 0 aliphatic carbocycles. The second-order valence-corrected chi connectivity index (χ2v) is 4.68. The Morgan fingerprint density at radius 1 is 1.47 bits per heavy atom. The number of hydrogen-bond acceptors (Lipinski definition) is 4. The quantitative estimate of drug-likeness (QED) is 0.657. The van der Waals surface area contributed by atoms with Gasteiger partial charge in [-0.1, -0.05) is 19.1 Å². The number of aryl methyl sites for hydroxylation is 1. The van der Waals surface area contributed by atoms with Gasteiger partial charge in [-0.15, -0.1) is 0 Å². The SMILES string of the molecule is CCCNC(=O)CCNc1nccc(C)c1C(N)=S. The van der Waals surface area contributed by atoms with Crippen LogP contribution in [-0.4, -0.2) is 29.0 Å². The largest absolute Gasteiger partial charge is 0.389 e. The van der Waals surface area contributed by atoms with Gasteiger partial charge in [0, 0.05) is 25.7 Å². The van der Waals surface area contributed by atoms with E-state index in [1.165, 1.54) is 0 Å². The second kappa shape index (κ2) is 7.68. The highest BCUT2D eigenvalue weighted by atomic mass is 32.1. The summed E-state index contributed by atoms with van der Waals surface area (Å²) in [5, 5.41) is 5.92. The number of carbonyl (C=O) groups is 1. The van der Waals surface area contributed by atoms with Crippen LogP contribution in [0.15, 0.2) is 12.3 Å². The molecule has 1 aromatic rings. The molecule has 0 radical (unpaired) electrons. The lowest BCUT2D eigenvalue weighted by atomic mass is 10.1. The number of aromatic nitrogens is 1. The van der Waals surface area contributed by atoms with Crippen molar-refractivity contribution in [2.45, 2.75) is 26.7 Å². The first-order chi connectivity index (χ1) is 9.06. The fourth-order valence-corrected chi connectivity index (χ4v) is 1.91. The van der Waals surface area contributed by atoms with E-state index in [4.69, 9.17) is 18.0 Å². The van der Waals surface area contributed by atoms with Crippen molar-refractivity contribution in [3.05, 3.63) is 23.4 Å². The first-order valence-corrected chi connectivity index (χ1v) is 6.73. The maximum Gasteiger partial charge on any atom is 0.221 e. The van der Waals surface area contributed by atoms with Gasteiger partial charge in [0.2, 0.25) is 5.91 Å². The third-order valence-electron chi connectivity index (χ3n) is 2.62. The zero-order valence-corrected chi connectivity index (χ0v) is 12.1. The van der Waals surface area contributed by atoms with E-state index in [1.807, 2.05) is 19.9 Å². The summed E-state index contributed by atoms with van der Waals surface area (Å²) in [7, 11) is 0. The van der Waals surface area contributed by atoms with Crippen LogP contribution in [0.4, 0.5) is 5.82 Å². The number of anilines is 1. The Morgan fingerprint density at radius 3 is 2.84 bits per heavy atom. The van der Waals surface area contributed by atoms with Gasteiger partial charge in [-0.3, -0.25) is 4.79 Å². The topological polar surface area (TPSA) is 80.0 Å². The molecule has 6 heteroatoms. The lowest BCUT2D eigenvalue weighted by Gasteiger charge is -2.12. The van der Waals surface area contributed by atoms with Crippen LogP contribution in [0.1, 0.15) is 30.9 Å². The van der Waals surface area contributed by atoms with Gasteiger partial charge in [0.05, 0.1) is 5.56 Å². The molecule has 0 atom stereocenters. The standard InChI is InChI=1S/C13H20N4OS/c1-3-6-15-10(18)5-8-17-13-11(12(14)19)9(2)4-7-16-13/h4,7H,3,5-6,8H2,1-2H3,(H2,14,19)(H,15,18)(H,16,17). The van der Waals surface area contributed by atoms with Gasteiger partial charge in [0.15, 0.2) is 0 Å².